The predicted molar refractivity (Wildman–Crippen MR) is 72.5 cm³/mol. The summed E-state index contributed by atoms with van der Waals surface area (Å²) in [5.74, 6) is 0.255. The molecule has 19 heavy (non-hydrogen) atoms. The molecule has 2 rings (SSSR count). The van der Waals surface area contributed by atoms with Gasteiger partial charge in [0.25, 0.3) is 5.24 Å². The van der Waals surface area contributed by atoms with E-state index in [4.69, 9.17) is 5.73 Å². The summed E-state index contributed by atoms with van der Waals surface area (Å²) in [6.45, 7) is 0.575. The molecule has 6 nitrogen and oxygen atoms in total. The molecule has 0 aromatic heterocycles. The molecule has 7 heteroatoms. The third-order valence-corrected chi connectivity index (χ3v) is 4.52. The van der Waals surface area contributed by atoms with Crippen molar-refractivity contribution in [2.24, 2.45) is 11.7 Å². The van der Waals surface area contributed by atoms with Crippen molar-refractivity contribution in [1.82, 2.24) is 10.2 Å². The molecule has 0 bridgehead atoms. The Morgan fingerprint density at radius 2 is 2.21 bits per heavy atom. The molecule has 0 unspecified atom stereocenters. The molecule has 1 saturated carbocycles. The van der Waals surface area contributed by atoms with E-state index >= 15 is 0 Å². The van der Waals surface area contributed by atoms with E-state index in [2.05, 4.69) is 5.32 Å². The largest absolute Gasteiger partial charge is 0.354 e. The zero-order valence-electron chi connectivity index (χ0n) is 10.8. The Morgan fingerprint density at radius 3 is 2.79 bits per heavy atom. The number of nitrogens with one attached hydrogen (secondary N) is 1. The number of nitrogens with two attached hydrogens (primary N) is 1. The lowest BCUT2D eigenvalue weighted by atomic mass is 10.00. The maximum atomic E-state index is 11.7. The van der Waals surface area contributed by atoms with Crippen LogP contribution in [0.15, 0.2) is 0 Å². The molecule has 0 radical (unpaired) electrons. The highest BCUT2D eigenvalue weighted by Crippen LogP contribution is 2.26. The van der Waals surface area contributed by atoms with Gasteiger partial charge in [-0.25, -0.2) is 0 Å². The number of nitrogens with zero attached hydrogens (tertiary/aromatic N) is 1. The molecule has 0 spiro atoms. The quantitative estimate of drug-likeness (QED) is 0.758. The zero-order chi connectivity index (χ0) is 13.8. The van der Waals surface area contributed by atoms with Crippen molar-refractivity contribution in [3.05, 3.63) is 0 Å². The molecule has 1 heterocycles. The van der Waals surface area contributed by atoms with Crippen molar-refractivity contribution in [3.63, 3.8) is 0 Å². The molecule has 1 saturated heterocycles. The lowest BCUT2D eigenvalue weighted by Crippen LogP contribution is -2.38. The molecule has 1 aliphatic heterocycles. The number of carbonyl (C=O) groups excluding carboxylic acids is 3. The molecule has 3 N–H and O–H groups in total. The highest BCUT2D eigenvalue weighted by Gasteiger charge is 2.29. The lowest BCUT2D eigenvalue weighted by molar-refractivity contribution is -0.126. The van der Waals surface area contributed by atoms with E-state index in [0.29, 0.717) is 13.0 Å². The first kappa shape index (κ1) is 14.3. The minimum absolute atomic E-state index is 0.0471. The van der Waals surface area contributed by atoms with Crippen molar-refractivity contribution in [2.75, 3.05) is 18.8 Å². The fourth-order valence-corrected chi connectivity index (χ4v) is 3.29. The van der Waals surface area contributed by atoms with Crippen molar-refractivity contribution in [2.45, 2.75) is 31.7 Å². The Morgan fingerprint density at radius 1 is 1.42 bits per heavy atom. The van der Waals surface area contributed by atoms with Gasteiger partial charge in [0, 0.05) is 25.6 Å². The van der Waals surface area contributed by atoms with Gasteiger partial charge in [-0.1, -0.05) is 18.2 Å². The molecule has 3 amide bonds. The Hall–Kier alpha value is -1.08. The van der Waals surface area contributed by atoms with Crippen LogP contribution >= 0.6 is 11.8 Å². The number of carbonyl (C=O) groups is 3. The summed E-state index contributed by atoms with van der Waals surface area (Å²) in [7, 11) is 0. The second-order valence-electron chi connectivity index (χ2n) is 5.01. The number of thioether (sulfide) groups is 1. The Labute approximate surface area is 116 Å². The maximum absolute atomic E-state index is 11.7. The topological polar surface area (TPSA) is 92.5 Å². The van der Waals surface area contributed by atoms with E-state index in [-0.39, 0.29) is 41.3 Å². The van der Waals surface area contributed by atoms with E-state index in [1.54, 1.807) is 0 Å². The van der Waals surface area contributed by atoms with Gasteiger partial charge in [0.05, 0.1) is 5.75 Å². The molecular weight excluding hydrogens is 266 g/mol. The smallest absolute Gasteiger partial charge is 0.288 e. The molecule has 2 atom stereocenters. The molecule has 0 aromatic carbocycles. The van der Waals surface area contributed by atoms with Crippen LogP contribution in [0.5, 0.6) is 0 Å². The van der Waals surface area contributed by atoms with Crippen molar-refractivity contribution >= 4 is 28.8 Å². The molecular formula is C12H19N3O3S. The SMILES string of the molecule is N[C@@H]1CCC[C@H]1CC(=O)NCCN1C(=O)CSC1=O. The van der Waals surface area contributed by atoms with Gasteiger partial charge in [-0.3, -0.25) is 19.3 Å². The van der Waals surface area contributed by atoms with Crippen LogP contribution in [0.4, 0.5) is 4.79 Å². The minimum Gasteiger partial charge on any atom is -0.354 e. The van der Waals surface area contributed by atoms with Crippen LogP contribution in [-0.2, 0) is 9.59 Å². The van der Waals surface area contributed by atoms with Gasteiger partial charge < -0.3 is 11.1 Å². The third-order valence-electron chi connectivity index (χ3n) is 3.66. The van der Waals surface area contributed by atoms with Gasteiger partial charge in [-0.2, -0.15) is 0 Å². The van der Waals surface area contributed by atoms with Crippen LogP contribution in [-0.4, -0.2) is 46.8 Å². The average Bonchev–Trinajstić information content (AvgIpc) is 2.90. The first-order chi connectivity index (χ1) is 9.08. The van der Waals surface area contributed by atoms with Gasteiger partial charge in [-0.15, -0.1) is 0 Å². The van der Waals surface area contributed by atoms with Gasteiger partial charge in [0.15, 0.2) is 0 Å². The first-order valence-electron chi connectivity index (χ1n) is 6.57. The van der Waals surface area contributed by atoms with Crippen molar-refractivity contribution in [3.8, 4) is 0 Å². The summed E-state index contributed by atoms with van der Waals surface area (Å²) in [5.41, 5.74) is 5.91. The standard InChI is InChI=1S/C12H19N3O3S/c13-9-3-1-2-8(9)6-10(16)14-4-5-15-11(17)7-19-12(15)18/h8-9H,1-7,13H2,(H,14,16)/t8-,9+/m0/s1. The Bertz CT molecular complexity index is 372. The average molecular weight is 285 g/mol. The van der Waals surface area contributed by atoms with Crippen LogP contribution in [0, 0.1) is 5.92 Å². The number of rotatable bonds is 5. The molecule has 106 valence electrons. The summed E-state index contributed by atoms with van der Waals surface area (Å²) < 4.78 is 0. The summed E-state index contributed by atoms with van der Waals surface area (Å²) in [6.07, 6.45) is 3.53. The molecule has 0 aromatic rings. The number of hydrogen-bond donors (Lipinski definition) is 2. The van der Waals surface area contributed by atoms with Gasteiger partial charge in [-0.05, 0) is 18.8 Å². The van der Waals surface area contributed by atoms with Gasteiger partial charge >= 0.3 is 0 Å². The summed E-state index contributed by atoms with van der Waals surface area (Å²) >= 11 is 1.01. The van der Waals surface area contributed by atoms with E-state index in [0.717, 1.165) is 31.0 Å². The van der Waals surface area contributed by atoms with Crippen LogP contribution in [0.3, 0.4) is 0 Å². The molecule has 2 aliphatic rings. The minimum atomic E-state index is -0.225. The van der Waals surface area contributed by atoms with Gasteiger partial charge in [0.2, 0.25) is 11.8 Å². The van der Waals surface area contributed by atoms with Crippen molar-refractivity contribution in [1.29, 1.82) is 0 Å². The Balaban J connectivity index is 1.66. The number of amides is 3. The Kier molecular flexibility index (Phi) is 4.81. The molecule has 1 aliphatic carbocycles. The van der Waals surface area contributed by atoms with E-state index in [1.807, 2.05) is 0 Å². The van der Waals surface area contributed by atoms with Crippen LogP contribution in [0.1, 0.15) is 25.7 Å². The van der Waals surface area contributed by atoms with Gasteiger partial charge in [0.1, 0.15) is 0 Å². The van der Waals surface area contributed by atoms with Crippen LogP contribution in [0.25, 0.3) is 0 Å². The fraction of sp³-hybridized carbons (Fsp3) is 0.750. The summed E-state index contributed by atoms with van der Waals surface area (Å²) in [4.78, 5) is 35.6. The monoisotopic (exact) mass is 285 g/mol. The first-order valence-corrected chi connectivity index (χ1v) is 7.56. The van der Waals surface area contributed by atoms with E-state index in [9.17, 15) is 14.4 Å². The number of imide groups is 1. The van der Waals surface area contributed by atoms with E-state index in [1.165, 1.54) is 4.90 Å². The normalized spacial score (nSPS) is 27.1. The molecule has 2 fully saturated rings. The number of hydrogen-bond acceptors (Lipinski definition) is 5. The van der Waals surface area contributed by atoms with E-state index < -0.39 is 0 Å². The lowest BCUT2D eigenvalue weighted by Gasteiger charge is -2.16. The third kappa shape index (κ3) is 3.70. The highest BCUT2D eigenvalue weighted by molar-refractivity contribution is 8.14. The summed E-state index contributed by atoms with van der Waals surface area (Å²) in [5, 5.41) is 2.52. The fourth-order valence-electron chi connectivity index (χ4n) is 2.53. The van der Waals surface area contributed by atoms with Crippen molar-refractivity contribution < 1.29 is 14.4 Å². The second kappa shape index (κ2) is 6.38. The zero-order valence-corrected chi connectivity index (χ0v) is 11.6. The van der Waals surface area contributed by atoms with Crippen LogP contribution in [0.2, 0.25) is 0 Å². The predicted octanol–water partition coefficient (Wildman–Crippen LogP) is 0.316. The highest BCUT2D eigenvalue weighted by atomic mass is 32.2. The summed E-state index contributed by atoms with van der Waals surface area (Å²) in [6, 6.07) is 0.129. The maximum Gasteiger partial charge on any atom is 0.288 e. The second-order valence-corrected chi connectivity index (χ2v) is 5.94. The van der Waals surface area contributed by atoms with Crippen LogP contribution < -0.4 is 11.1 Å².